The van der Waals surface area contributed by atoms with Crippen LogP contribution in [0.25, 0.3) is 28.1 Å². The first-order valence-corrected chi connectivity index (χ1v) is 7.21. The molecule has 0 bridgehead atoms. The number of hydrogen-bond donors (Lipinski definition) is 1. The van der Waals surface area contributed by atoms with Crippen LogP contribution in [-0.4, -0.2) is 14.4 Å². The lowest BCUT2D eigenvalue weighted by atomic mass is 10.1. The van der Waals surface area contributed by atoms with Crippen LogP contribution in [0.5, 0.6) is 0 Å². The third kappa shape index (κ3) is 1.84. The molecule has 0 radical (unpaired) electrons. The lowest BCUT2D eigenvalue weighted by Crippen LogP contribution is -2.09. The number of hydrogen-bond acceptors (Lipinski definition) is 2. The van der Waals surface area contributed by atoms with Gasteiger partial charge in [-0.05, 0) is 42.7 Å². The molecule has 0 unspecified atom stereocenters. The second kappa shape index (κ2) is 4.56. The molecular weight excluding hydrogens is 274 g/mol. The SMILES string of the molecule is Cc1cc2nc3[nH]c(=O)cc(-c4ccccc4)n3c2cc1C. The molecule has 0 atom stereocenters. The Morgan fingerprint density at radius 3 is 2.50 bits per heavy atom. The minimum Gasteiger partial charge on any atom is -0.292 e. The maximum atomic E-state index is 12.0. The van der Waals surface area contributed by atoms with Crippen LogP contribution in [0.2, 0.25) is 0 Å². The van der Waals surface area contributed by atoms with Gasteiger partial charge in [0.05, 0.1) is 16.7 Å². The Bertz CT molecular complexity index is 1060. The Balaban J connectivity index is 2.20. The molecule has 4 aromatic rings. The summed E-state index contributed by atoms with van der Waals surface area (Å²) in [6.45, 7) is 4.15. The van der Waals surface area contributed by atoms with Crippen molar-refractivity contribution in [3.05, 3.63) is 70.0 Å². The Hall–Kier alpha value is -2.88. The van der Waals surface area contributed by atoms with E-state index in [0.29, 0.717) is 5.78 Å². The number of imidazole rings is 1. The second-order valence-electron chi connectivity index (χ2n) is 5.58. The maximum absolute atomic E-state index is 12.0. The Labute approximate surface area is 127 Å². The summed E-state index contributed by atoms with van der Waals surface area (Å²) in [6, 6.07) is 15.7. The summed E-state index contributed by atoms with van der Waals surface area (Å²) >= 11 is 0. The van der Waals surface area contributed by atoms with Gasteiger partial charge in [-0.1, -0.05) is 30.3 Å². The predicted octanol–water partition coefficient (Wildman–Crippen LogP) is 3.46. The molecule has 0 spiro atoms. The van der Waals surface area contributed by atoms with E-state index in [9.17, 15) is 4.79 Å². The van der Waals surface area contributed by atoms with Crippen molar-refractivity contribution in [3.63, 3.8) is 0 Å². The molecule has 0 amide bonds. The number of aromatic nitrogens is 3. The molecule has 0 aliphatic rings. The molecule has 4 nitrogen and oxygen atoms in total. The van der Waals surface area contributed by atoms with Crippen molar-refractivity contribution < 1.29 is 0 Å². The van der Waals surface area contributed by atoms with Gasteiger partial charge in [-0.2, -0.15) is 0 Å². The third-order valence-corrected chi connectivity index (χ3v) is 4.08. The van der Waals surface area contributed by atoms with Crippen LogP contribution >= 0.6 is 0 Å². The highest BCUT2D eigenvalue weighted by atomic mass is 16.1. The zero-order valence-electron chi connectivity index (χ0n) is 12.4. The highest BCUT2D eigenvalue weighted by Crippen LogP contribution is 2.25. The molecule has 0 fully saturated rings. The van der Waals surface area contributed by atoms with Crippen LogP contribution in [-0.2, 0) is 0 Å². The molecular formula is C18H15N3O. The smallest absolute Gasteiger partial charge is 0.252 e. The number of nitrogens with zero attached hydrogens (tertiary/aromatic N) is 2. The summed E-state index contributed by atoms with van der Waals surface area (Å²) in [5, 5.41) is 0. The number of aromatic amines is 1. The van der Waals surface area contributed by atoms with E-state index in [1.807, 2.05) is 34.7 Å². The van der Waals surface area contributed by atoms with Crippen molar-refractivity contribution in [2.45, 2.75) is 13.8 Å². The van der Waals surface area contributed by atoms with Gasteiger partial charge in [-0.25, -0.2) is 4.98 Å². The summed E-state index contributed by atoms with van der Waals surface area (Å²) in [6.07, 6.45) is 0. The molecule has 0 saturated carbocycles. The minimum atomic E-state index is -0.143. The topological polar surface area (TPSA) is 50.2 Å². The second-order valence-corrected chi connectivity index (χ2v) is 5.58. The van der Waals surface area contributed by atoms with Gasteiger partial charge in [0.2, 0.25) is 5.78 Å². The number of fused-ring (bicyclic) bond motifs is 3. The average Bonchev–Trinajstić information content (AvgIpc) is 2.85. The number of nitrogens with one attached hydrogen (secondary N) is 1. The average molecular weight is 289 g/mol. The Morgan fingerprint density at radius 1 is 1.00 bits per heavy atom. The number of H-pyrrole nitrogens is 1. The zero-order valence-corrected chi connectivity index (χ0v) is 12.4. The highest BCUT2D eigenvalue weighted by molar-refractivity contribution is 5.84. The van der Waals surface area contributed by atoms with Crippen LogP contribution in [0.3, 0.4) is 0 Å². The number of benzene rings is 2. The van der Waals surface area contributed by atoms with Gasteiger partial charge in [0.15, 0.2) is 0 Å². The highest BCUT2D eigenvalue weighted by Gasteiger charge is 2.12. The van der Waals surface area contributed by atoms with Gasteiger partial charge in [-0.3, -0.25) is 14.2 Å². The lowest BCUT2D eigenvalue weighted by Gasteiger charge is -2.07. The van der Waals surface area contributed by atoms with Crippen LogP contribution in [0.15, 0.2) is 53.3 Å². The van der Waals surface area contributed by atoms with Crippen LogP contribution in [0.4, 0.5) is 0 Å². The van der Waals surface area contributed by atoms with Gasteiger partial charge in [0, 0.05) is 6.07 Å². The predicted molar refractivity (Wildman–Crippen MR) is 88.2 cm³/mol. The van der Waals surface area contributed by atoms with Gasteiger partial charge >= 0.3 is 0 Å². The largest absolute Gasteiger partial charge is 0.292 e. The Kier molecular flexibility index (Phi) is 2.66. The van der Waals surface area contributed by atoms with E-state index < -0.39 is 0 Å². The van der Waals surface area contributed by atoms with E-state index >= 15 is 0 Å². The summed E-state index contributed by atoms with van der Waals surface area (Å²) in [5.41, 5.74) is 6.01. The van der Waals surface area contributed by atoms with E-state index in [0.717, 1.165) is 22.3 Å². The first-order chi connectivity index (χ1) is 10.6. The number of aryl methyl sites for hydroxylation is 2. The molecule has 4 heteroatoms. The first kappa shape index (κ1) is 12.8. The lowest BCUT2D eigenvalue weighted by molar-refractivity contribution is 1.10. The van der Waals surface area contributed by atoms with E-state index in [1.54, 1.807) is 6.07 Å². The van der Waals surface area contributed by atoms with Crippen molar-refractivity contribution >= 4 is 16.8 Å². The molecule has 22 heavy (non-hydrogen) atoms. The maximum Gasteiger partial charge on any atom is 0.252 e. The summed E-state index contributed by atoms with van der Waals surface area (Å²) in [5.74, 6) is 0.575. The van der Waals surface area contributed by atoms with E-state index in [2.05, 4.69) is 35.9 Å². The summed E-state index contributed by atoms with van der Waals surface area (Å²) < 4.78 is 2.01. The van der Waals surface area contributed by atoms with Crippen molar-refractivity contribution in [1.82, 2.24) is 14.4 Å². The van der Waals surface area contributed by atoms with Crippen molar-refractivity contribution in [2.75, 3.05) is 0 Å². The quantitative estimate of drug-likeness (QED) is 0.583. The van der Waals surface area contributed by atoms with E-state index in [4.69, 9.17) is 0 Å². The molecule has 2 heterocycles. The molecule has 2 aromatic carbocycles. The molecule has 4 rings (SSSR count). The first-order valence-electron chi connectivity index (χ1n) is 7.21. The summed E-state index contributed by atoms with van der Waals surface area (Å²) in [4.78, 5) is 19.4. The molecule has 2 aromatic heterocycles. The molecule has 0 aliphatic carbocycles. The van der Waals surface area contributed by atoms with Gasteiger partial charge in [0.25, 0.3) is 5.56 Å². The third-order valence-electron chi connectivity index (χ3n) is 4.08. The monoisotopic (exact) mass is 289 g/mol. The number of rotatable bonds is 1. The van der Waals surface area contributed by atoms with Crippen molar-refractivity contribution in [3.8, 4) is 11.3 Å². The van der Waals surface area contributed by atoms with Crippen LogP contribution in [0.1, 0.15) is 11.1 Å². The minimum absolute atomic E-state index is 0.143. The van der Waals surface area contributed by atoms with Crippen LogP contribution < -0.4 is 5.56 Å². The van der Waals surface area contributed by atoms with Crippen LogP contribution in [0, 0.1) is 13.8 Å². The molecule has 0 aliphatic heterocycles. The molecule has 108 valence electrons. The summed E-state index contributed by atoms with van der Waals surface area (Å²) in [7, 11) is 0. The Morgan fingerprint density at radius 2 is 1.73 bits per heavy atom. The van der Waals surface area contributed by atoms with Gasteiger partial charge < -0.3 is 0 Å². The fraction of sp³-hybridized carbons (Fsp3) is 0.111. The van der Waals surface area contributed by atoms with Crippen molar-refractivity contribution in [2.24, 2.45) is 0 Å². The normalized spacial score (nSPS) is 11.4. The fourth-order valence-corrected chi connectivity index (χ4v) is 2.82. The molecule has 1 N–H and O–H groups in total. The van der Waals surface area contributed by atoms with Gasteiger partial charge in [-0.15, -0.1) is 0 Å². The van der Waals surface area contributed by atoms with Gasteiger partial charge in [0.1, 0.15) is 0 Å². The standard InChI is InChI=1S/C18H15N3O/c1-11-8-14-16(9-12(11)2)21-15(13-6-4-3-5-7-13)10-17(22)20-18(21)19-14/h3-10H,1-2H3,(H,19,20,22). The van der Waals surface area contributed by atoms with Crippen molar-refractivity contribution in [1.29, 1.82) is 0 Å². The molecule has 0 saturated heterocycles. The van der Waals surface area contributed by atoms with E-state index in [1.165, 1.54) is 11.1 Å². The van der Waals surface area contributed by atoms with E-state index in [-0.39, 0.29) is 5.56 Å². The zero-order chi connectivity index (χ0) is 15.3. The fourth-order valence-electron chi connectivity index (χ4n) is 2.82.